The molecule has 1 unspecified atom stereocenters. The number of nitrogens with zero attached hydrogens (tertiary/aromatic N) is 6. The van der Waals surface area contributed by atoms with Crippen molar-refractivity contribution in [3.8, 4) is 11.6 Å². The van der Waals surface area contributed by atoms with Gasteiger partial charge in [-0.15, -0.1) is 0 Å². The third kappa shape index (κ3) is 4.07. The molecule has 1 atom stereocenters. The largest absolute Gasteiger partial charge is 0.479 e. The first-order valence-corrected chi connectivity index (χ1v) is 10.8. The van der Waals surface area contributed by atoms with Gasteiger partial charge in [0.15, 0.2) is 5.82 Å². The molecule has 5 rings (SSSR count). The van der Waals surface area contributed by atoms with Crippen molar-refractivity contribution in [2.24, 2.45) is 0 Å². The number of hydrogen-bond acceptors (Lipinski definition) is 5. The van der Waals surface area contributed by atoms with Gasteiger partial charge in [-0.2, -0.15) is 5.10 Å². The molecule has 34 heavy (non-hydrogen) atoms. The van der Waals surface area contributed by atoms with Crippen LogP contribution in [0.4, 0.5) is 13.2 Å². The van der Waals surface area contributed by atoms with Crippen LogP contribution in [-0.4, -0.2) is 36.4 Å². The van der Waals surface area contributed by atoms with E-state index in [0.29, 0.717) is 54.7 Å². The maximum Gasteiger partial charge on any atom is 0.238 e. The predicted molar refractivity (Wildman–Crippen MR) is 119 cm³/mol. The van der Waals surface area contributed by atoms with Crippen LogP contribution >= 0.6 is 0 Å². The summed E-state index contributed by atoms with van der Waals surface area (Å²) in [5.41, 5.74) is 2.07. The van der Waals surface area contributed by atoms with E-state index >= 15 is 0 Å². The highest BCUT2D eigenvalue weighted by Crippen LogP contribution is 2.35. The van der Waals surface area contributed by atoms with Gasteiger partial charge in [0, 0.05) is 36.4 Å². The lowest BCUT2D eigenvalue weighted by molar-refractivity contribution is 0.395. The first kappa shape index (κ1) is 21.9. The first-order valence-electron chi connectivity index (χ1n) is 10.8. The van der Waals surface area contributed by atoms with E-state index in [4.69, 9.17) is 4.74 Å². The number of pyridine rings is 1. The molecule has 1 aliphatic rings. The third-order valence-corrected chi connectivity index (χ3v) is 5.73. The zero-order valence-corrected chi connectivity index (χ0v) is 18.5. The number of benzene rings is 1. The number of hydrogen-bond donors (Lipinski definition) is 0. The second-order valence-electron chi connectivity index (χ2n) is 8.05. The Kier molecular flexibility index (Phi) is 5.64. The molecule has 7 nitrogen and oxygen atoms in total. The number of imidazole rings is 1. The Morgan fingerprint density at radius 2 is 1.88 bits per heavy atom. The Labute approximate surface area is 193 Å². The summed E-state index contributed by atoms with van der Waals surface area (Å²) in [5.74, 6) is -2.15. The van der Waals surface area contributed by atoms with Crippen LogP contribution in [0.2, 0.25) is 0 Å². The molecule has 1 aliphatic heterocycles. The minimum atomic E-state index is -0.947. The fourth-order valence-corrected chi connectivity index (χ4v) is 4.20. The average molecular weight is 466 g/mol. The van der Waals surface area contributed by atoms with E-state index in [1.807, 2.05) is 29.8 Å². The maximum atomic E-state index is 14.4. The summed E-state index contributed by atoms with van der Waals surface area (Å²) in [5, 5.41) is 4.46. The van der Waals surface area contributed by atoms with Crippen molar-refractivity contribution in [1.82, 2.24) is 29.3 Å². The van der Waals surface area contributed by atoms with Crippen molar-refractivity contribution < 1.29 is 17.9 Å². The van der Waals surface area contributed by atoms with Crippen LogP contribution in [0.1, 0.15) is 47.4 Å². The number of methoxy groups -OCH3 is 1. The van der Waals surface area contributed by atoms with Gasteiger partial charge in [-0.3, -0.25) is 0 Å². The second kappa shape index (κ2) is 8.77. The molecule has 0 radical (unpaired) electrons. The van der Waals surface area contributed by atoms with Crippen LogP contribution in [0, 0.1) is 24.4 Å². The number of aromatic nitrogens is 6. The molecular weight excluding hydrogens is 445 g/mol. The molecule has 0 saturated heterocycles. The molecular formula is C24H21F3N6O. The van der Waals surface area contributed by atoms with Crippen LogP contribution in [0.3, 0.4) is 0 Å². The monoisotopic (exact) mass is 466 g/mol. The summed E-state index contributed by atoms with van der Waals surface area (Å²) >= 11 is 0. The minimum absolute atomic E-state index is 0.179. The highest BCUT2D eigenvalue weighted by atomic mass is 19.1. The molecule has 0 amide bonds. The molecule has 0 N–H and O–H groups in total. The summed E-state index contributed by atoms with van der Waals surface area (Å²) < 4.78 is 51.1. The highest BCUT2D eigenvalue weighted by molar-refractivity contribution is 5.65. The van der Waals surface area contributed by atoms with E-state index in [9.17, 15) is 13.2 Å². The minimum Gasteiger partial charge on any atom is -0.479 e. The zero-order valence-electron chi connectivity index (χ0n) is 18.5. The molecule has 0 spiro atoms. The summed E-state index contributed by atoms with van der Waals surface area (Å²) in [6.07, 6.45) is 8.15. The van der Waals surface area contributed by atoms with Gasteiger partial charge in [-0.1, -0.05) is 0 Å². The van der Waals surface area contributed by atoms with Gasteiger partial charge in [0.25, 0.3) is 0 Å². The van der Waals surface area contributed by atoms with Crippen molar-refractivity contribution in [3.63, 3.8) is 0 Å². The Morgan fingerprint density at radius 1 is 1.09 bits per heavy atom. The van der Waals surface area contributed by atoms with E-state index in [1.54, 1.807) is 30.3 Å². The molecule has 0 saturated carbocycles. The first-order chi connectivity index (χ1) is 16.4. The lowest BCUT2D eigenvalue weighted by Crippen LogP contribution is -2.20. The Hall–Kier alpha value is -3.95. The third-order valence-electron chi connectivity index (χ3n) is 5.73. The number of ether oxygens (including phenoxy) is 1. The fourth-order valence-electron chi connectivity index (χ4n) is 4.20. The van der Waals surface area contributed by atoms with E-state index < -0.39 is 23.4 Å². The van der Waals surface area contributed by atoms with Crippen molar-refractivity contribution in [3.05, 3.63) is 82.8 Å². The smallest absolute Gasteiger partial charge is 0.238 e. The van der Waals surface area contributed by atoms with Gasteiger partial charge < -0.3 is 9.30 Å². The number of fused-ring (bicyclic) bond motifs is 1. The molecule has 174 valence electrons. The second-order valence-corrected chi connectivity index (χ2v) is 8.05. The topological polar surface area (TPSA) is 70.7 Å². The number of rotatable bonds is 5. The summed E-state index contributed by atoms with van der Waals surface area (Å²) in [4.78, 5) is 13.2. The lowest BCUT2D eigenvalue weighted by atomic mass is 9.90. The molecule has 0 bridgehead atoms. The summed E-state index contributed by atoms with van der Waals surface area (Å²) in [6, 6.07) is 5.09. The van der Waals surface area contributed by atoms with Gasteiger partial charge in [0.2, 0.25) is 5.88 Å². The molecule has 1 aromatic carbocycles. The van der Waals surface area contributed by atoms with Crippen molar-refractivity contribution in [1.29, 1.82) is 0 Å². The lowest BCUT2D eigenvalue weighted by Gasteiger charge is -2.23. The van der Waals surface area contributed by atoms with Crippen LogP contribution in [-0.2, 0) is 6.54 Å². The van der Waals surface area contributed by atoms with E-state index in [1.165, 1.54) is 0 Å². The Balaban J connectivity index is 1.43. The van der Waals surface area contributed by atoms with Crippen molar-refractivity contribution >= 4 is 12.2 Å². The number of halogens is 3. The van der Waals surface area contributed by atoms with E-state index in [-0.39, 0.29) is 5.56 Å². The van der Waals surface area contributed by atoms with Gasteiger partial charge in [0.1, 0.15) is 29.0 Å². The van der Waals surface area contributed by atoms with Crippen molar-refractivity contribution in [2.75, 3.05) is 7.11 Å². The SMILES string of the molecule is COc1nc(C=Cc2nc3n(n2)CCCC3c2c(F)cc(F)cc2F)ccc1-n1cnc(C)c1. The van der Waals surface area contributed by atoms with Crippen LogP contribution in [0.15, 0.2) is 36.8 Å². The van der Waals surface area contributed by atoms with Gasteiger partial charge in [0.05, 0.1) is 24.8 Å². The predicted octanol–water partition coefficient (Wildman–Crippen LogP) is 4.69. The molecule has 3 aromatic heterocycles. The molecule has 4 aromatic rings. The summed E-state index contributed by atoms with van der Waals surface area (Å²) in [7, 11) is 1.54. The standard InChI is InChI=1S/C24H21F3N6O/c1-14-12-32(13-28-14)20-7-5-16(29-24(20)34-2)6-8-21-30-23-17(4-3-9-33(23)31-21)22-18(26)10-15(25)11-19(22)27/h5-8,10-13,17H,3-4,9H2,1-2H3. The molecule has 10 heteroatoms. The summed E-state index contributed by atoms with van der Waals surface area (Å²) in [6.45, 7) is 2.48. The van der Waals surface area contributed by atoms with Crippen LogP contribution < -0.4 is 4.74 Å². The highest BCUT2D eigenvalue weighted by Gasteiger charge is 2.30. The average Bonchev–Trinajstić information content (AvgIpc) is 3.43. The van der Waals surface area contributed by atoms with Crippen LogP contribution in [0.25, 0.3) is 17.8 Å². The van der Waals surface area contributed by atoms with Gasteiger partial charge >= 0.3 is 0 Å². The fraction of sp³-hybridized carbons (Fsp3) is 0.250. The zero-order chi connectivity index (χ0) is 23.8. The molecule has 0 aliphatic carbocycles. The van der Waals surface area contributed by atoms with E-state index in [2.05, 4.69) is 20.1 Å². The quantitative estimate of drug-likeness (QED) is 0.427. The van der Waals surface area contributed by atoms with Gasteiger partial charge in [-0.05, 0) is 44.1 Å². The molecule has 4 heterocycles. The Morgan fingerprint density at radius 3 is 2.59 bits per heavy atom. The number of aryl methyl sites for hydroxylation is 2. The molecule has 0 fully saturated rings. The Bertz CT molecular complexity index is 1370. The van der Waals surface area contributed by atoms with Crippen LogP contribution in [0.5, 0.6) is 5.88 Å². The van der Waals surface area contributed by atoms with Gasteiger partial charge in [-0.25, -0.2) is 32.8 Å². The normalized spacial score (nSPS) is 15.6. The van der Waals surface area contributed by atoms with Crippen molar-refractivity contribution in [2.45, 2.75) is 32.2 Å². The maximum absolute atomic E-state index is 14.4. The van der Waals surface area contributed by atoms with E-state index in [0.717, 1.165) is 11.4 Å².